The van der Waals surface area contributed by atoms with Gasteiger partial charge in [-0.15, -0.1) is 0 Å². The minimum Gasteiger partial charge on any atom is -0.508 e. The number of rotatable bonds is 4. The standard InChI is InChI=1S/C15H24N2O/c1-12(14-6-2-3-7-15(14)18)17-10-4-5-13(11-17)8-9-16/h2-3,6-7,12-13,18H,4-5,8-11,16H2,1H3. The average Bonchev–Trinajstić information content (AvgIpc) is 2.39. The molecule has 0 aliphatic carbocycles. The van der Waals surface area contributed by atoms with Crippen LogP contribution in [0.25, 0.3) is 0 Å². The fourth-order valence-electron chi connectivity index (χ4n) is 2.96. The van der Waals surface area contributed by atoms with Crippen molar-refractivity contribution in [2.75, 3.05) is 19.6 Å². The monoisotopic (exact) mass is 248 g/mol. The van der Waals surface area contributed by atoms with Gasteiger partial charge in [-0.2, -0.15) is 0 Å². The zero-order valence-electron chi connectivity index (χ0n) is 11.2. The van der Waals surface area contributed by atoms with E-state index in [-0.39, 0.29) is 6.04 Å². The molecule has 2 unspecified atom stereocenters. The van der Waals surface area contributed by atoms with Crippen molar-refractivity contribution in [1.82, 2.24) is 4.90 Å². The van der Waals surface area contributed by atoms with Crippen LogP contribution in [0.1, 0.15) is 37.8 Å². The number of benzene rings is 1. The first-order valence-corrected chi connectivity index (χ1v) is 6.94. The molecule has 0 spiro atoms. The maximum absolute atomic E-state index is 9.93. The maximum Gasteiger partial charge on any atom is 0.120 e. The van der Waals surface area contributed by atoms with Crippen LogP contribution in [0.2, 0.25) is 0 Å². The molecule has 1 saturated heterocycles. The van der Waals surface area contributed by atoms with Crippen molar-refractivity contribution >= 4 is 0 Å². The Bertz CT molecular complexity index is 379. The summed E-state index contributed by atoms with van der Waals surface area (Å²) in [6.45, 7) is 5.19. The molecule has 1 aromatic carbocycles. The van der Waals surface area contributed by atoms with E-state index in [0.29, 0.717) is 5.75 Å². The first-order valence-electron chi connectivity index (χ1n) is 6.94. The Morgan fingerprint density at radius 1 is 1.44 bits per heavy atom. The topological polar surface area (TPSA) is 49.5 Å². The molecule has 2 atom stereocenters. The second-order valence-corrected chi connectivity index (χ2v) is 5.32. The number of nitrogens with two attached hydrogens (primary N) is 1. The van der Waals surface area contributed by atoms with E-state index in [1.54, 1.807) is 6.07 Å². The third-order valence-corrected chi connectivity index (χ3v) is 4.06. The molecule has 2 rings (SSSR count). The van der Waals surface area contributed by atoms with E-state index in [0.717, 1.165) is 37.5 Å². The van der Waals surface area contributed by atoms with E-state index in [4.69, 9.17) is 5.73 Å². The van der Waals surface area contributed by atoms with Crippen molar-refractivity contribution in [1.29, 1.82) is 0 Å². The Morgan fingerprint density at radius 2 is 2.22 bits per heavy atom. The van der Waals surface area contributed by atoms with Gasteiger partial charge in [-0.3, -0.25) is 4.90 Å². The predicted molar refractivity (Wildman–Crippen MR) is 74.5 cm³/mol. The van der Waals surface area contributed by atoms with Gasteiger partial charge < -0.3 is 10.8 Å². The summed E-state index contributed by atoms with van der Waals surface area (Å²) in [5.41, 5.74) is 6.69. The SMILES string of the molecule is CC(c1ccccc1O)N1CCCC(CCN)C1. The molecular weight excluding hydrogens is 224 g/mol. The number of likely N-dealkylation sites (tertiary alicyclic amines) is 1. The van der Waals surface area contributed by atoms with Crippen molar-refractivity contribution in [3.8, 4) is 5.75 Å². The molecule has 0 radical (unpaired) electrons. The van der Waals surface area contributed by atoms with Gasteiger partial charge in [0.1, 0.15) is 5.75 Å². The highest BCUT2D eigenvalue weighted by Crippen LogP contribution is 2.31. The molecular formula is C15H24N2O. The van der Waals surface area contributed by atoms with Crippen LogP contribution < -0.4 is 5.73 Å². The Kier molecular flexibility index (Phi) is 4.61. The Balaban J connectivity index is 2.04. The lowest BCUT2D eigenvalue weighted by Gasteiger charge is -2.37. The maximum atomic E-state index is 9.93. The highest BCUT2D eigenvalue weighted by Gasteiger charge is 2.24. The highest BCUT2D eigenvalue weighted by atomic mass is 16.3. The number of phenols is 1. The number of hydrogen-bond donors (Lipinski definition) is 2. The largest absolute Gasteiger partial charge is 0.508 e. The molecule has 3 nitrogen and oxygen atoms in total. The smallest absolute Gasteiger partial charge is 0.120 e. The predicted octanol–water partition coefficient (Wildman–Crippen LogP) is 2.51. The van der Waals surface area contributed by atoms with Crippen molar-refractivity contribution in [3.63, 3.8) is 0 Å². The van der Waals surface area contributed by atoms with Gasteiger partial charge in [0.15, 0.2) is 0 Å². The van der Waals surface area contributed by atoms with Crippen LogP contribution in [-0.4, -0.2) is 29.6 Å². The number of para-hydroxylation sites is 1. The summed E-state index contributed by atoms with van der Waals surface area (Å²) in [5.74, 6) is 1.13. The van der Waals surface area contributed by atoms with Gasteiger partial charge in [0, 0.05) is 18.2 Å². The third kappa shape index (κ3) is 3.03. The Hall–Kier alpha value is -1.06. The molecule has 100 valence electrons. The second kappa shape index (κ2) is 6.21. The average molecular weight is 248 g/mol. The summed E-state index contributed by atoms with van der Waals surface area (Å²) in [5, 5.41) is 9.93. The van der Waals surface area contributed by atoms with Crippen molar-refractivity contribution in [3.05, 3.63) is 29.8 Å². The second-order valence-electron chi connectivity index (χ2n) is 5.32. The van der Waals surface area contributed by atoms with Gasteiger partial charge in [0.05, 0.1) is 0 Å². The molecule has 1 heterocycles. The van der Waals surface area contributed by atoms with Crippen molar-refractivity contribution in [2.24, 2.45) is 11.7 Å². The number of nitrogens with zero attached hydrogens (tertiary/aromatic N) is 1. The van der Waals surface area contributed by atoms with E-state index in [1.807, 2.05) is 18.2 Å². The molecule has 0 amide bonds. The normalized spacial score (nSPS) is 22.9. The lowest BCUT2D eigenvalue weighted by Crippen LogP contribution is -2.37. The highest BCUT2D eigenvalue weighted by molar-refractivity contribution is 5.34. The summed E-state index contributed by atoms with van der Waals surface area (Å²) in [6, 6.07) is 7.94. The summed E-state index contributed by atoms with van der Waals surface area (Å²) >= 11 is 0. The first kappa shape index (κ1) is 13.4. The van der Waals surface area contributed by atoms with Gasteiger partial charge in [0.2, 0.25) is 0 Å². The lowest BCUT2D eigenvalue weighted by atomic mass is 9.92. The number of hydrogen-bond acceptors (Lipinski definition) is 3. The van der Waals surface area contributed by atoms with Gasteiger partial charge in [0.25, 0.3) is 0 Å². The first-order chi connectivity index (χ1) is 8.72. The molecule has 0 saturated carbocycles. The van der Waals surface area contributed by atoms with Gasteiger partial charge in [-0.1, -0.05) is 18.2 Å². The molecule has 0 aromatic heterocycles. The molecule has 0 bridgehead atoms. The zero-order valence-corrected chi connectivity index (χ0v) is 11.2. The molecule has 18 heavy (non-hydrogen) atoms. The van der Waals surface area contributed by atoms with Crippen LogP contribution in [0.15, 0.2) is 24.3 Å². The fourth-order valence-corrected chi connectivity index (χ4v) is 2.96. The molecule has 3 heteroatoms. The Morgan fingerprint density at radius 3 is 2.94 bits per heavy atom. The minimum absolute atomic E-state index is 0.284. The van der Waals surface area contributed by atoms with E-state index in [1.165, 1.54) is 12.8 Å². The van der Waals surface area contributed by atoms with Crippen LogP contribution in [0.5, 0.6) is 5.75 Å². The van der Waals surface area contributed by atoms with Crippen LogP contribution >= 0.6 is 0 Å². The van der Waals surface area contributed by atoms with E-state index < -0.39 is 0 Å². The van der Waals surface area contributed by atoms with E-state index in [2.05, 4.69) is 11.8 Å². The summed E-state index contributed by atoms with van der Waals surface area (Å²) < 4.78 is 0. The van der Waals surface area contributed by atoms with Crippen molar-refractivity contribution in [2.45, 2.75) is 32.2 Å². The summed E-state index contributed by atoms with van der Waals surface area (Å²) in [6.07, 6.45) is 3.65. The molecule has 3 N–H and O–H groups in total. The number of phenolic OH excluding ortho intramolecular Hbond substituents is 1. The quantitative estimate of drug-likeness (QED) is 0.861. The van der Waals surface area contributed by atoms with Gasteiger partial charge >= 0.3 is 0 Å². The van der Waals surface area contributed by atoms with Crippen LogP contribution in [0, 0.1) is 5.92 Å². The van der Waals surface area contributed by atoms with Gasteiger partial charge in [-0.05, 0) is 51.3 Å². The Labute approximate surface area is 110 Å². The zero-order chi connectivity index (χ0) is 13.0. The molecule has 1 fully saturated rings. The molecule has 1 aliphatic heterocycles. The minimum atomic E-state index is 0.284. The van der Waals surface area contributed by atoms with E-state index in [9.17, 15) is 5.11 Å². The lowest BCUT2D eigenvalue weighted by molar-refractivity contribution is 0.127. The summed E-state index contributed by atoms with van der Waals surface area (Å²) in [7, 11) is 0. The van der Waals surface area contributed by atoms with Crippen LogP contribution in [0.3, 0.4) is 0 Å². The fraction of sp³-hybridized carbons (Fsp3) is 0.600. The van der Waals surface area contributed by atoms with Crippen LogP contribution in [0.4, 0.5) is 0 Å². The van der Waals surface area contributed by atoms with Crippen molar-refractivity contribution < 1.29 is 5.11 Å². The molecule has 1 aromatic rings. The number of piperidine rings is 1. The van der Waals surface area contributed by atoms with E-state index >= 15 is 0 Å². The third-order valence-electron chi connectivity index (χ3n) is 4.06. The molecule has 1 aliphatic rings. The van der Waals surface area contributed by atoms with Gasteiger partial charge in [-0.25, -0.2) is 0 Å². The van der Waals surface area contributed by atoms with Crippen LogP contribution in [-0.2, 0) is 0 Å². The number of aromatic hydroxyl groups is 1. The summed E-state index contributed by atoms with van der Waals surface area (Å²) in [4.78, 5) is 2.47.